The number of rotatable bonds is 58. The fraction of sp³-hybridized carbons (Fsp3) is 0.882. The van der Waals surface area contributed by atoms with Crippen LogP contribution in [0.5, 0.6) is 5.88 Å². The second-order valence-corrected chi connectivity index (χ2v) is 25.2. The molecule has 0 aromatic carbocycles. The summed E-state index contributed by atoms with van der Waals surface area (Å²) in [4.78, 5) is 51.4. The summed E-state index contributed by atoms with van der Waals surface area (Å²) in [5.74, 6) is -0.201. The van der Waals surface area contributed by atoms with Crippen molar-refractivity contribution in [3.63, 3.8) is 0 Å². The molecule has 2 rings (SSSR count). The first-order valence-electron chi connectivity index (χ1n) is 34.2. The lowest BCUT2D eigenvalue weighted by Crippen LogP contribution is -2.49. The van der Waals surface area contributed by atoms with Gasteiger partial charge in [-0.3, -0.25) is 23.7 Å². The molecule has 0 saturated carbocycles. The van der Waals surface area contributed by atoms with Crippen LogP contribution in [0.4, 0.5) is 0 Å². The van der Waals surface area contributed by atoms with Crippen LogP contribution in [0.2, 0.25) is 0 Å². The van der Waals surface area contributed by atoms with Gasteiger partial charge in [-0.15, -0.1) is 4.37 Å². The summed E-state index contributed by atoms with van der Waals surface area (Å²) in [7, 11) is 2.15. The molecule has 0 spiro atoms. The fourth-order valence-electron chi connectivity index (χ4n) is 11.0. The molecule has 13 heteroatoms. The summed E-state index contributed by atoms with van der Waals surface area (Å²) in [5.41, 5.74) is 1.97. The Morgan fingerprint density at radius 3 is 1.31 bits per heavy atom. The third kappa shape index (κ3) is 43.3. The molecule has 1 aromatic heterocycles. The number of esters is 4. The van der Waals surface area contributed by atoms with Gasteiger partial charge in [-0.2, -0.15) is 4.37 Å². The van der Waals surface area contributed by atoms with Crippen molar-refractivity contribution in [2.24, 2.45) is 5.92 Å². The van der Waals surface area contributed by atoms with Crippen LogP contribution < -0.4 is 4.74 Å². The lowest BCUT2D eigenvalue weighted by Gasteiger charge is -2.36. The number of quaternary nitrogens is 1. The van der Waals surface area contributed by atoms with Gasteiger partial charge in [0.15, 0.2) is 6.10 Å². The number of unbranched alkanes of at least 4 members (excludes halogenated alkanes) is 37. The Morgan fingerprint density at radius 2 is 0.877 bits per heavy atom. The molecule has 1 aliphatic rings. The first kappa shape index (κ1) is 74.0. The van der Waals surface area contributed by atoms with Gasteiger partial charge in [0.2, 0.25) is 6.73 Å². The first-order chi connectivity index (χ1) is 39.6. The van der Waals surface area contributed by atoms with Gasteiger partial charge in [0.05, 0.1) is 31.9 Å². The number of hydrogen-bond donors (Lipinski definition) is 0. The van der Waals surface area contributed by atoms with E-state index in [0.717, 1.165) is 121 Å². The third-order valence-electron chi connectivity index (χ3n) is 16.4. The normalized spacial score (nSPS) is 14.7. The minimum absolute atomic E-state index is 0.0932. The van der Waals surface area contributed by atoms with E-state index in [1.54, 1.807) is 0 Å². The Bertz CT molecular complexity index is 1660. The highest BCUT2D eigenvalue weighted by atomic mass is 32.1. The highest BCUT2D eigenvalue weighted by Gasteiger charge is 2.31. The van der Waals surface area contributed by atoms with Gasteiger partial charge in [-0.25, -0.2) is 0 Å². The number of carbonyl (C=O) groups excluding carboxylic acids is 4. The Balaban J connectivity index is 1.57. The van der Waals surface area contributed by atoms with E-state index in [1.807, 2.05) is 0 Å². The number of nitrogens with zero attached hydrogens (tertiary/aromatic N) is 3. The van der Waals surface area contributed by atoms with Crippen molar-refractivity contribution in [2.45, 2.75) is 336 Å². The van der Waals surface area contributed by atoms with Crippen molar-refractivity contribution in [3.05, 3.63) is 11.8 Å². The first-order valence-corrected chi connectivity index (χ1v) is 35.0. The average Bonchev–Trinajstić information content (AvgIpc) is 4.02. The zero-order valence-electron chi connectivity index (χ0n) is 53.1. The fourth-order valence-corrected chi connectivity index (χ4v) is 11.6. The van der Waals surface area contributed by atoms with E-state index < -0.39 is 6.10 Å². The van der Waals surface area contributed by atoms with Crippen LogP contribution in [0.15, 0.2) is 6.08 Å². The Hall–Kier alpha value is -3.06. The molecule has 0 saturated heterocycles. The van der Waals surface area contributed by atoms with Gasteiger partial charge >= 0.3 is 23.9 Å². The Labute approximate surface area is 500 Å². The van der Waals surface area contributed by atoms with E-state index in [9.17, 15) is 19.2 Å². The topological polar surface area (TPSA) is 140 Å². The number of carbonyl (C=O) groups is 4. The molecule has 470 valence electrons. The molecule has 0 radical (unpaired) electrons. The molecular weight excluding hydrogens is 1030 g/mol. The Morgan fingerprint density at radius 1 is 0.494 bits per heavy atom. The second kappa shape index (κ2) is 52.5. The summed E-state index contributed by atoms with van der Waals surface area (Å²) in [6.07, 6.45) is 54.3. The molecule has 1 aliphatic heterocycles. The van der Waals surface area contributed by atoms with Gasteiger partial charge in [0, 0.05) is 37.7 Å². The monoisotopic (exact) mass is 1160 g/mol. The van der Waals surface area contributed by atoms with E-state index >= 15 is 0 Å². The van der Waals surface area contributed by atoms with Gasteiger partial charge < -0.3 is 23.7 Å². The van der Waals surface area contributed by atoms with Crippen molar-refractivity contribution in [1.82, 2.24) is 8.75 Å². The molecule has 2 heterocycles. The summed E-state index contributed by atoms with van der Waals surface area (Å²) in [6, 6.07) is 0. The van der Waals surface area contributed by atoms with E-state index in [4.69, 9.17) is 23.7 Å². The van der Waals surface area contributed by atoms with Crippen LogP contribution in [0.3, 0.4) is 0 Å². The number of aromatic nitrogens is 2. The van der Waals surface area contributed by atoms with Crippen LogP contribution in [-0.4, -0.2) is 89.9 Å². The van der Waals surface area contributed by atoms with Gasteiger partial charge in [-0.05, 0) is 31.6 Å². The minimum Gasteiger partial charge on any atom is -0.475 e. The lowest BCUT2D eigenvalue weighted by atomic mass is 9.98. The van der Waals surface area contributed by atoms with E-state index in [0.29, 0.717) is 43.0 Å². The van der Waals surface area contributed by atoms with Crippen molar-refractivity contribution in [3.8, 4) is 5.88 Å². The Kier molecular flexibility index (Phi) is 48.0. The van der Waals surface area contributed by atoms with Gasteiger partial charge in [0.1, 0.15) is 25.5 Å². The molecule has 81 heavy (non-hydrogen) atoms. The van der Waals surface area contributed by atoms with E-state index in [-0.39, 0.29) is 49.4 Å². The highest BCUT2D eigenvalue weighted by molar-refractivity contribution is 6.99. The van der Waals surface area contributed by atoms with Crippen molar-refractivity contribution >= 4 is 41.2 Å². The molecule has 0 fully saturated rings. The molecule has 0 aliphatic carbocycles. The number of hydrogen-bond acceptors (Lipinski definition) is 12. The SMILES string of the molecule is CCCCCCCCCCCCCCCC(=O)OCC(COC(=O)CCCCCCCCCCCCCCC)OC(=O)CC(C)CCCCCCCCCCCCCC(=O)OC[N+]1(C)CCC=C(c2nsnc2OCCCCCC)C1. The number of likely N-dealkylation sites (N-methyl/N-ethyl adjacent to an activating group) is 1. The quantitative estimate of drug-likeness (QED) is 0.0266. The molecule has 2 atom stereocenters. The third-order valence-corrected chi connectivity index (χ3v) is 16.9. The zero-order valence-corrected chi connectivity index (χ0v) is 53.9. The summed E-state index contributed by atoms with van der Waals surface area (Å²) >= 11 is 1.20. The van der Waals surface area contributed by atoms with Crippen LogP contribution in [0, 0.1) is 5.92 Å². The van der Waals surface area contributed by atoms with Crippen LogP contribution >= 0.6 is 11.7 Å². The second-order valence-electron chi connectivity index (χ2n) is 24.7. The molecule has 12 nitrogen and oxygen atoms in total. The van der Waals surface area contributed by atoms with Crippen LogP contribution in [0.25, 0.3) is 5.57 Å². The van der Waals surface area contributed by atoms with Crippen molar-refractivity contribution in [1.29, 1.82) is 0 Å². The maximum atomic E-state index is 13.2. The molecule has 1 aromatic rings. The molecule has 0 bridgehead atoms. The largest absolute Gasteiger partial charge is 0.475 e. The average molecular weight is 1160 g/mol. The maximum Gasteiger partial charge on any atom is 0.310 e. The van der Waals surface area contributed by atoms with Crippen LogP contribution in [-0.2, 0) is 38.1 Å². The van der Waals surface area contributed by atoms with Crippen molar-refractivity contribution in [2.75, 3.05) is 46.7 Å². The standard InChI is InChI=1S/C68H124N3O9S/c1-6-9-12-15-17-19-21-23-27-31-35-39-43-50-63(72)77-57-62(58-78-64(73)51-44-40-36-32-28-24-22-20-18-16-13-10-7-2)80-66(75)55-60(4)48-42-38-34-30-26-25-29-33-37-41-45-52-65(74)79-59-71(5)53-47-49-61(56-71)67-68(70-81-69-67)76-54-46-14-11-8-3/h49,60,62H,6-48,50-59H2,1-5H3/q+1. The predicted octanol–water partition coefficient (Wildman–Crippen LogP) is 19.3. The van der Waals surface area contributed by atoms with E-state index in [1.165, 1.54) is 192 Å². The summed E-state index contributed by atoms with van der Waals surface area (Å²) in [6.45, 7) is 11.3. The zero-order chi connectivity index (χ0) is 58.5. The molecule has 2 unspecified atom stereocenters. The summed E-state index contributed by atoms with van der Waals surface area (Å²) in [5, 5.41) is 0. The molecule has 0 N–H and O–H groups in total. The summed E-state index contributed by atoms with van der Waals surface area (Å²) < 4.78 is 38.5. The molecular formula is C68H124N3O9S+. The maximum absolute atomic E-state index is 13.2. The lowest BCUT2D eigenvalue weighted by molar-refractivity contribution is -0.919. The smallest absolute Gasteiger partial charge is 0.310 e. The minimum atomic E-state index is -0.805. The highest BCUT2D eigenvalue weighted by Crippen LogP contribution is 2.30. The van der Waals surface area contributed by atoms with Crippen molar-refractivity contribution < 1.29 is 47.3 Å². The van der Waals surface area contributed by atoms with Gasteiger partial charge in [0.25, 0.3) is 5.88 Å². The van der Waals surface area contributed by atoms with E-state index in [2.05, 4.69) is 49.6 Å². The van der Waals surface area contributed by atoms with Crippen LogP contribution in [0.1, 0.15) is 335 Å². The molecule has 0 amide bonds. The van der Waals surface area contributed by atoms with Gasteiger partial charge in [-0.1, -0.05) is 278 Å². The predicted molar refractivity (Wildman–Crippen MR) is 335 cm³/mol. The number of ether oxygens (including phenoxy) is 5.